The molecule has 13 atom stereocenters. The molecule has 3 saturated heterocycles. The molecule has 3 aliphatic rings. The van der Waals surface area contributed by atoms with Gasteiger partial charge < -0.3 is 43.7 Å². The minimum absolute atomic E-state index is 0.0339. The maximum absolute atomic E-state index is 14.8. The minimum atomic E-state index is -1.49. The summed E-state index contributed by atoms with van der Waals surface area (Å²) in [6.45, 7) is 16.7. The maximum Gasteiger partial charge on any atom is 0.410 e. The van der Waals surface area contributed by atoms with E-state index in [2.05, 4.69) is 27.1 Å². The first-order chi connectivity index (χ1) is 29.7. The SMILES string of the molecule is C=C1C(=O)O[C@H](CC)[C@@]2(C)OC(=O)N(CCCCn3cc(Cn4nc5ccccc5n4)nn3)[C@@H]2[C@@H](C)C(=O)[C@H](C)C[C@](C)(OC)[C@H](OC2OC(C)C(O)C(N(C)C)C2O)[C@@H](C)C1=O. The fourth-order valence-electron chi connectivity index (χ4n) is 9.80. The highest BCUT2D eigenvalue weighted by Crippen LogP contribution is 2.43. The molecule has 1 amide bonds. The molecule has 346 valence electrons. The number of hydrogen-bond acceptors (Lipinski definition) is 16. The van der Waals surface area contributed by atoms with Crippen molar-refractivity contribution >= 4 is 34.7 Å². The van der Waals surface area contributed by atoms with Crippen molar-refractivity contribution in [3.63, 3.8) is 0 Å². The molecule has 19 heteroatoms. The number of nitrogens with zero attached hydrogens (tertiary/aromatic N) is 8. The number of esters is 1. The van der Waals surface area contributed by atoms with Crippen LogP contribution in [0.15, 0.2) is 42.6 Å². The van der Waals surface area contributed by atoms with E-state index in [0.717, 1.165) is 11.0 Å². The van der Waals surface area contributed by atoms with Gasteiger partial charge in [-0.05, 0) is 72.7 Å². The Kier molecular flexibility index (Phi) is 14.6. The predicted octanol–water partition coefficient (Wildman–Crippen LogP) is 2.95. The van der Waals surface area contributed by atoms with Crippen LogP contribution < -0.4 is 0 Å². The Morgan fingerprint density at radius 2 is 1.62 bits per heavy atom. The lowest BCUT2D eigenvalue weighted by Gasteiger charge is -2.48. The number of ketones is 2. The summed E-state index contributed by atoms with van der Waals surface area (Å²) in [7, 11) is 4.85. The summed E-state index contributed by atoms with van der Waals surface area (Å²) in [5.74, 6) is -4.63. The van der Waals surface area contributed by atoms with E-state index in [1.54, 1.807) is 81.8 Å². The van der Waals surface area contributed by atoms with E-state index in [0.29, 0.717) is 31.6 Å². The second-order valence-electron chi connectivity index (χ2n) is 18.0. The Labute approximate surface area is 368 Å². The molecule has 63 heavy (non-hydrogen) atoms. The number of ether oxygens (including phenoxy) is 5. The summed E-state index contributed by atoms with van der Waals surface area (Å²) in [6, 6.07) is 5.93. The van der Waals surface area contributed by atoms with E-state index >= 15 is 0 Å². The number of likely N-dealkylation sites (N-methyl/N-ethyl adjacent to an activating group) is 1. The molecule has 3 aromatic rings. The zero-order chi connectivity index (χ0) is 46.1. The number of fused-ring (bicyclic) bond motifs is 2. The maximum atomic E-state index is 14.8. The van der Waals surface area contributed by atoms with Gasteiger partial charge in [0.1, 0.15) is 41.3 Å². The number of aromatic nitrogens is 6. The highest BCUT2D eigenvalue weighted by molar-refractivity contribution is 6.17. The molecule has 2 N–H and O–H groups in total. The zero-order valence-corrected chi connectivity index (χ0v) is 38.0. The fraction of sp³-hybridized carbons (Fsp3) is 0.682. The first-order valence-corrected chi connectivity index (χ1v) is 21.8. The van der Waals surface area contributed by atoms with Gasteiger partial charge in [-0.15, -0.1) is 5.10 Å². The molecular weight excluding hydrogens is 817 g/mol. The third kappa shape index (κ3) is 9.59. The average Bonchev–Trinajstić information content (AvgIpc) is 3.95. The standard InChI is InChI=1S/C44H64N8O11/c1-12-32-44(8)38(51(42(58)63-44)20-16-15-19-50-22-29(45-48-50)23-52-46-30-17-13-14-18-31(30)47-52)25(3)34(53)24(2)21-43(7,59-11)39(26(4)35(54)27(5)40(57)61-32)62-41-37(56)33(49(9)10)36(55)28(6)60-41/h13-14,17-18,22,24-26,28,32-33,36-39,41,55-56H,5,12,15-16,19-21,23H2,1-4,6-11H3/t24-,25+,26+,28?,32-,33?,36?,37?,38-,39-,41?,43+,44-/m1/s1. The Morgan fingerprint density at radius 3 is 2.24 bits per heavy atom. The summed E-state index contributed by atoms with van der Waals surface area (Å²) >= 11 is 0. The number of carbonyl (C=O) groups is 4. The van der Waals surface area contributed by atoms with Crippen molar-refractivity contribution in [1.82, 2.24) is 39.8 Å². The molecule has 2 aromatic heterocycles. The van der Waals surface area contributed by atoms with Gasteiger partial charge in [-0.25, -0.2) is 9.59 Å². The molecule has 1 aromatic carbocycles. The van der Waals surface area contributed by atoms with Crippen LogP contribution in [0, 0.1) is 17.8 Å². The lowest BCUT2D eigenvalue weighted by Crippen LogP contribution is -2.64. The molecule has 5 unspecified atom stereocenters. The van der Waals surface area contributed by atoms with Crippen molar-refractivity contribution in [1.29, 1.82) is 0 Å². The zero-order valence-electron chi connectivity index (χ0n) is 38.0. The molecule has 3 fully saturated rings. The summed E-state index contributed by atoms with van der Waals surface area (Å²) in [5, 5.41) is 39.9. The van der Waals surface area contributed by atoms with Gasteiger partial charge in [0.25, 0.3) is 0 Å². The Hall–Kier alpha value is -4.66. The lowest BCUT2D eigenvalue weighted by atomic mass is 9.73. The average molecular weight is 881 g/mol. The second-order valence-corrected chi connectivity index (χ2v) is 18.0. The normalized spacial score (nSPS) is 34.9. The largest absolute Gasteiger partial charge is 0.454 e. The van der Waals surface area contributed by atoms with Gasteiger partial charge in [-0.2, -0.15) is 15.0 Å². The minimum Gasteiger partial charge on any atom is -0.454 e. The molecule has 5 heterocycles. The number of carbonyl (C=O) groups excluding carboxylic acids is 4. The van der Waals surface area contributed by atoms with E-state index < -0.39 is 101 Å². The second kappa shape index (κ2) is 19.2. The van der Waals surface area contributed by atoms with E-state index in [9.17, 15) is 29.4 Å². The van der Waals surface area contributed by atoms with Crippen LogP contribution in [0.4, 0.5) is 4.79 Å². The predicted molar refractivity (Wildman–Crippen MR) is 227 cm³/mol. The smallest absolute Gasteiger partial charge is 0.410 e. The number of rotatable bonds is 12. The van der Waals surface area contributed by atoms with E-state index in [-0.39, 0.29) is 25.2 Å². The number of Topliss-reactive ketones (excluding diaryl/α,β-unsaturated/α-hetero) is 2. The van der Waals surface area contributed by atoms with Gasteiger partial charge in [-0.1, -0.05) is 51.6 Å². The molecule has 0 bridgehead atoms. The van der Waals surface area contributed by atoms with E-state index in [4.69, 9.17) is 23.7 Å². The first kappa shape index (κ1) is 47.8. The molecule has 0 saturated carbocycles. The molecule has 3 aliphatic heterocycles. The fourth-order valence-corrected chi connectivity index (χ4v) is 9.80. The first-order valence-electron chi connectivity index (χ1n) is 21.8. The number of aliphatic hydroxyl groups is 2. The van der Waals surface area contributed by atoms with Gasteiger partial charge >= 0.3 is 12.1 Å². The van der Waals surface area contributed by atoms with Crippen molar-refractivity contribution in [3.8, 4) is 0 Å². The summed E-state index contributed by atoms with van der Waals surface area (Å²) < 4.78 is 32.5. The van der Waals surface area contributed by atoms with Crippen LogP contribution in [0.5, 0.6) is 0 Å². The highest BCUT2D eigenvalue weighted by atomic mass is 16.7. The van der Waals surface area contributed by atoms with Crippen LogP contribution >= 0.6 is 0 Å². The number of benzene rings is 1. The van der Waals surface area contributed by atoms with Gasteiger partial charge in [0.15, 0.2) is 17.7 Å². The van der Waals surface area contributed by atoms with Crippen molar-refractivity contribution in [2.24, 2.45) is 17.8 Å². The Bertz CT molecular complexity index is 2110. The van der Waals surface area contributed by atoms with Crippen molar-refractivity contribution in [3.05, 3.63) is 48.3 Å². The third-order valence-corrected chi connectivity index (χ3v) is 13.3. The molecule has 0 spiro atoms. The molecular formula is C44H64N8O11. The van der Waals surface area contributed by atoms with E-state index in [1.807, 2.05) is 30.5 Å². The molecule has 0 aliphatic carbocycles. The number of unbranched alkanes of at least 4 members (excludes halogenated alkanes) is 1. The summed E-state index contributed by atoms with van der Waals surface area (Å²) in [6.07, 6.45) is -4.27. The number of amides is 1. The topological polar surface area (TPSA) is 223 Å². The third-order valence-electron chi connectivity index (χ3n) is 13.3. The molecule has 0 radical (unpaired) electrons. The monoisotopic (exact) mass is 880 g/mol. The lowest BCUT2D eigenvalue weighted by molar-refractivity contribution is -0.313. The number of hydrogen-bond donors (Lipinski definition) is 2. The van der Waals surface area contributed by atoms with Crippen LogP contribution in [-0.4, -0.2) is 161 Å². The van der Waals surface area contributed by atoms with Crippen LogP contribution in [0.3, 0.4) is 0 Å². The van der Waals surface area contributed by atoms with Crippen molar-refractivity contribution in [2.45, 2.75) is 147 Å². The number of aryl methyl sites for hydroxylation is 1. The van der Waals surface area contributed by atoms with Crippen molar-refractivity contribution < 1.29 is 53.1 Å². The molecule has 19 nitrogen and oxygen atoms in total. The van der Waals surface area contributed by atoms with Crippen LogP contribution in [0.25, 0.3) is 11.0 Å². The number of aliphatic hydroxyl groups excluding tert-OH is 2. The Morgan fingerprint density at radius 1 is 0.968 bits per heavy atom. The summed E-state index contributed by atoms with van der Waals surface area (Å²) in [4.78, 5) is 61.6. The molecule has 6 rings (SSSR count). The number of methoxy groups -OCH3 is 1. The highest BCUT2D eigenvalue weighted by Gasteiger charge is 2.60. The van der Waals surface area contributed by atoms with Crippen molar-refractivity contribution in [2.75, 3.05) is 27.7 Å². The van der Waals surface area contributed by atoms with Gasteiger partial charge in [-0.3, -0.25) is 14.3 Å². The van der Waals surface area contributed by atoms with Gasteiger partial charge in [0.05, 0.1) is 47.8 Å². The van der Waals surface area contributed by atoms with Crippen LogP contribution in [0.2, 0.25) is 0 Å². The Balaban J connectivity index is 1.23. The van der Waals surface area contributed by atoms with E-state index in [1.165, 1.54) is 7.11 Å². The van der Waals surface area contributed by atoms with Gasteiger partial charge in [0.2, 0.25) is 0 Å². The van der Waals surface area contributed by atoms with Crippen LogP contribution in [-0.2, 0) is 51.2 Å². The van der Waals surface area contributed by atoms with Crippen LogP contribution in [0.1, 0.15) is 79.8 Å². The quantitative estimate of drug-likeness (QED) is 0.116. The van der Waals surface area contributed by atoms with Gasteiger partial charge in [0, 0.05) is 38.0 Å². The number of cyclic esters (lactones) is 1. The summed E-state index contributed by atoms with van der Waals surface area (Å²) in [5.41, 5.74) is -1.09.